The summed E-state index contributed by atoms with van der Waals surface area (Å²) < 4.78 is 4.28. The molecule has 0 amide bonds. The lowest BCUT2D eigenvalue weighted by Crippen LogP contribution is -2.31. The van der Waals surface area contributed by atoms with Gasteiger partial charge in [-0.2, -0.15) is 5.26 Å². The largest absolute Gasteiger partial charge is 0.310 e. The molecule has 9 nitrogen and oxygen atoms in total. The molecule has 0 aliphatic carbocycles. The van der Waals surface area contributed by atoms with Crippen LogP contribution in [-0.2, 0) is 13.0 Å². The first kappa shape index (κ1) is 22.4. The number of nitrogens with zero attached hydrogens (tertiary/aromatic N) is 6. The van der Waals surface area contributed by atoms with Gasteiger partial charge in [0.2, 0.25) is 0 Å². The number of rotatable bonds is 4. The molecule has 0 atom stereocenters. The lowest BCUT2D eigenvalue weighted by atomic mass is 10.2. The standard InChI is InChI=1S/C25H20N6O3S/c26-16-20(23-28-27-22-12-5-2-6-13-29(22)23)25-30(18-9-3-1-4-10-18)24(32)21(35-25)15-17-8-7-11-19(14-17)31(33)34/h1,3-4,7-11,14-15H,2,5-6,12-13H2. The van der Waals surface area contributed by atoms with Crippen LogP contribution in [0, 0.1) is 21.4 Å². The molecule has 2 aromatic heterocycles. The summed E-state index contributed by atoms with van der Waals surface area (Å²) in [6.45, 7) is 0.719. The fourth-order valence-electron chi connectivity index (χ4n) is 4.20. The zero-order chi connectivity index (χ0) is 24.4. The third-order valence-electron chi connectivity index (χ3n) is 5.88. The van der Waals surface area contributed by atoms with E-state index < -0.39 is 4.92 Å². The van der Waals surface area contributed by atoms with Crippen molar-refractivity contribution in [2.75, 3.05) is 0 Å². The summed E-state index contributed by atoms with van der Waals surface area (Å²) in [5.74, 6) is 1.30. The maximum atomic E-state index is 13.6. The fourth-order valence-corrected chi connectivity index (χ4v) is 5.30. The molecule has 0 N–H and O–H groups in total. The maximum Gasteiger partial charge on any atom is 0.273 e. The van der Waals surface area contributed by atoms with E-state index in [0.29, 0.717) is 26.3 Å². The number of nitro groups is 1. The summed E-state index contributed by atoms with van der Waals surface area (Å²) in [4.78, 5) is 24.3. The Labute approximate surface area is 203 Å². The van der Waals surface area contributed by atoms with Gasteiger partial charge < -0.3 is 4.57 Å². The molecule has 0 radical (unpaired) electrons. The number of nitro benzene ring substituents is 1. The first-order valence-corrected chi connectivity index (χ1v) is 12.0. The zero-order valence-electron chi connectivity index (χ0n) is 18.6. The summed E-state index contributed by atoms with van der Waals surface area (Å²) in [7, 11) is 0. The van der Waals surface area contributed by atoms with Crippen LogP contribution in [0.25, 0.3) is 17.3 Å². The van der Waals surface area contributed by atoms with Gasteiger partial charge in [0.15, 0.2) is 5.82 Å². The molecule has 174 valence electrons. The van der Waals surface area contributed by atoms with Crippen LogP contribution >= 0.6 is 11.3 Å². The number of aromatic nitrogens is 4. The predicted molar refractivity (Wildman–Crippen MR) is 132 cm³/mol. The number of thiazole rings is 1. The van der Waals surface area contributed by atoms with Crippen molar-refractivity contribution in [3.63, 3.8) is 0 Å². The van der Waals surface area contributed by atoms with E-state index in [1.54, 1.807) is 30.3 Å². The number of hydrogen-bond donors (Lipinski definition) is 0. The van der Waals surface area contributed by atoms with Gasteiger partial charge in [0, 0.05) is 25.1 Å². The van der Waals surface area contributed by atoms with Crippen LogP contribution in [0.15, 0.2) is 59.4 Å². The molecule has 5 rings (SSSR count). The molecule has 3 heterocycles. The predicted octanol–water partition coefficient (Wildman–Crippen LogP) is 2.68. The van der Waals surface area contributed by atoms with Gasteiger partial charge in [-0.15, -0.1) is 21.5 Å². The third kappa shape index (κ3) is 4.29. The normalized spacial score (nSPS) is 14.7. The van der Waals surface area contributed by atoms with Gasteiger partial charge in [-0.25, -0.2) is 0 Å². The maximum absolute atomic E-state index is 13.6. The van der Waals surface area contributed by atoms with Crippen LogP contribution in [0.3, 0.4) is 0 Å². The average Bonchev–Trinajstić information content (AvgIpc) is 3.31. The number of hydrogen-bond acceptors (Lipinski definition) is 7. The van der Waals surface area contributed by atoms with Crippen LogP contribution in [-0.4, -0.2) is 24.3 Å². The zero-order valence-corrected chi connectivity index (χ0v) is 19.4. The number of para-hydroxylation sites is 1. The van der Waals surface area contributed by atoms with Gasteiger partial charge in [-0.1, -0.05) is 36.8 Å². The molecule has 4 aromatic rings. The monoisotopic (exact) mass is 484 g/mol. The second kappa shape index (κ2) is 9.48. The topological polar surface area (TPSA) is 120 Å². The van der Waals surface area contributed by atoms with Gasteiger partial charge >= 0.3 is 0 Å². The van der Waals surface area contributed by atoms with Gasteiger partial charge in [-0.05, 0) is 36.6 Å². The van der Waals surface area contributed by atoms with Crippen molar-refractivity contribution in [3.8, 4) is 11.8 Å². The molecule has 0 unspecified atom stereocenters. The second-order valence-electron chi connectivity index (χ2n) is 8.13. The van der Waals surface area contributed by atoms with E-state index in [1.807, 2.05) is 22.8 Å². The third-order valence-corrected chi connectivity index (χ3v) is 6.97. The Kier molecular flexibility index (Phi) is 6.08. The Hall–Kier alpha value is -4.36. The van der Waals surface area contributed by atoms with E-state index in [-0.39, 0.29) is 16.8 Å². The van der Waals surface area contributed by atoms with Crippen molar-refractivity contribution in [1.29, 1.82) is 5.26 Å². The molecule has 0 saturated heterocycles. The second-order valence-corrected chi connectivity index (χ2v) is 9.16. The minimum atomic E-state index is -0.474. The van der Waals surface area contributed by atoms with Crippen LogP contribution in [0.4, 0.5) is 5.69 Å². The molecule has 35 heavy (non-hydrogen) atoms. The molecule has 0 saturated carbocycles. The summed E-state index contributed by atoms with van der Waals surface area (Å²) in [6.07, 6.45) is 5.49. The highest BCUT2D eigenvalue weighted by Crippen LogP contribution is 2.19. The van der Waals surface area contributed by atoms with Crippen molar-refractivity contribution in [1.82, 2.24) is 19.3 Å². The number of aryl methyl sites for hydroxylation is 1. The number of nitriles is 1. The molecule has 1 aliphatic heterocycles. The van der Waals surface area contributed by atoms with Crippen LogP contribution in [0.5, 0.6) is 0 Å². The van der Waals surface area contributed by atoms with Crippen LogP contribution in [0.2, 0.25) is 0 Å². The molecule has 2 aromatic carbocycles. The lowest BCUT2D eigenvalue weighted by molar-refractivity contribution is -0.384. The summed E-state index contributed by atoms with van der Waals surface area (Å²) >= 11 is 1.16. The van der Waals surface area contributed by atoms with E-state index in [0.717, 1.165) is 49.4 Å². The van der Waals surface area contributed by atoms with Crippen molar-refractivity contribution in [2.45, 2.75) is 32.2 Å². The Morgan fingerprint density at radius 1 is 1.11 bits per heavy atom. The first-order chi connectivity index (χ1) is 17.1. The van der Waals surface area contributed by atoms with E-state index in [4.69, 9.17) is 0 Å². The highest BCUT2D eigenvalue weighted by atomic mass is 32.1. The highest BCUT2D eigenvalue weighted by molar-refractivity contribution is 7.07. The van der Waals surface area contributed by atoms with Crippen molar-refractivity contribution in [2.24, 2.45) is 0 Å². The Balaban J connectivity index is 1.81. The molecule has 0 bridgehead atoms. The van der Waals surface area contributed by atoms with E-state index in [1.165, 1.54) is 16.7 Å². The molecular weight excluding hydrogens is 464 g/mol. The summed E-state index contributed by atoms with van der Waals surface area (Å²) in [6, 6.07) is 17.5. The smallest absolute Gasteiger partial charge is 0.273 e. The minimum Gasteiger partial charge on any atom is -0.310 e. The van der Waals surface area contributed by atoms with Gasteiger partial charge in [0.25, 0.3) is 11.2 Å². The molecule has 1 aliphatic rings. The minimum absolute atomic E-state index is 0.0608. The Morgan fingerprint density at radius 3 is 2.71 bits per heavy atom. The van der Waals surface area contributed by atoms with Crippen molar-refractivity contribution in [3.05, 3.63) is 101 Å². The quantitative estimate of drug-likeness (QED) is 0.324. The number of fused-ring (bicyclic) bond motifs is 1. The van der Waals surface area contributed by atoms with E-state index in [2.05, 4.69) is 16.3 Å². The van der Waals surface area contributed by atoms with Gasteiger partial charge in [-0.3, -0.25) is 19.5 Å². The summed E-state index contributed by atoms with van der Waals surface area (Å²) in [5, 5.41) is 30.1. The fraction of sp³-hybridized carbons (Fsp3) is 0.200. The van der Waals surface area contributed by atoms with Gasteiger partial charge in [0.1, 0.15) is 22.1 Å². The summed E-state index contributed by atoms with van der Waals surface area (Å²) in [5.41, 5.74) is 1.04. The lowest BCUT2D eigenvalue weighted by Gasteiger charge is -2.07. The number of non-ortho nitro benzene ring substituents is 1. The Morgan fingerprint density at radius 2 is 1.94 bits per heavy atom. The molecule has 10 heteroatoms. The molecule has 0 spiro atoms. The number of benzene rings is 2. The van der Waals surface area contributed by atoms with E-state index in [9.17, 15) is 20.2 Å². The SMILES string of the molecule is N#CC(c1nnc2n1CCCCC2)=c1sc(=Cc2cccc([N+](=O)[O-])c2)c(=O)n1-c1ccccc1. The van der Waals surface area contributed by atoms with Crippen LogP contribution in [0.1, 0.15) is 36.5 Å². The molecular formula is C25H20N6O3S. The Bertz CT molecular complexity index is 1640. The van der Waals surface area contributed by atoms with Gasteiger partial charge in [0.05, 0.1) is 15.1 Å². The average molecular weight is 485 g/mol. The van der Waals surface area contributed by atoms with E-state index >= 15 is 0 Å². The highest BCUT2D eigenvalue weighted by Gasteiger charge is 2.21. The first-order valence-electron chi connectivity index (χ1n) is 11.2. The van der Waals surface area contributed by atoms with Crippen LogP contribution < -0.4 is 14.8 Å². The molecule has 0 fully saturated rings. The van der Waals surface area contributed by atoms with Crippen molar-refractivity contribution < 1.29 is 4.92 Å². The van der Waals surface area contributed by atoms with Crippen molar-refractivity contribution >= 4 is 28.7 Å².